The van der Waals surface area contributed by atoms with E-state index in [4.69, 9.17) is 9.47 Å². The second-order valence-corrected chi connectivity index (χ2v) is 5.91. The minimum Gasteiger partial charge on any atom is -0.465 e. The first-order valence-corrected chi connectivity index (χ1v) is 7.69. The highest BCUT2D eigenvalue weighted by atomic mass is 16.5. The number of ether oxygens (including phenoxy) is 2. The Morgan fingerprint density at radius 1 is 1.40 bits per heavy atom. The lowest BCUT2D eigenvalue weighted by Gasteiger charge is -2.38. The van der Waals surface area contributed by atoms with Crippen LogP contribution in [-0.4, -0.2) is 73.3 Å². The van der Waals surface area contributed by atoms with Crippen LogP contribution in [-0.2, 0) is 14.3 Å². The number of morpholine rings is 1. The standard InChI is InChI=1S/C15H30N2O3/c1-6-19-15(18)11-17(13(4)5)10-14-9-16(12(2)3)7-8-20-14/h12-14H,6-11H2,1-5H3. The van der Waals surface area contributed by atoms with Crippen LogP contribution in [0, 0.1) is 0 Å². The fraction of sp³-hybridized carbons (Fsp3) is 0.933. The summed E-state index contributed by atoms with van der Waals surface area (Å²) in [5, 5.41) is 0. The van der Waals surface area contributed by atoms with Gasteiger partial charge in [0, 0.05) is 31.7 Å². The first kappa shape index (κ1) is 17.4. The molecule has 0 radical (unpaired) electrons. The van der Waals surface area contributed by atoms with E-state index >= 15 is 0 Å². The van der Waals surface area contributed by atoms with Crippen molar-refractivity contribution in [3.63, 3.8) is 0 Å². The number of esters is 1. The first-order chi connectivity index (χ1) is 9.43. The number of nitrogens with zero attached hydrogens (tertiary/aromatic N) is 2. The van der Waals surface area contributed by atoms with Gasteiger partial charge in [-0.15, -0.1) is 0 Å². The molecule has 1 atom stereocenters. The van der Waals surface area contributed by atoms with Crippen molar-refractivity contribution in [2.45, 2.75) is 52.8 Å². The molecule has 0 aromatic heterocycles. The molecular formula is C15H30N2O3. The van der Waals surface area contributed by atoms with E-state index in [1.807, 2.05) is 6.92 Å². The summed E-state index contributed by atoms with van der Waals surface area (Å²) in [4.78, 5) is 16.2. The Morgan fingerprint density at radius 3 is 2.65 bits per heavy atom. The topological polar surface area (TPSA) is 42.0 Å². The molecule has 5 heteroatoms. The van der Waals surface area contributed by atoms with Crippen molar-refractivity contribution in [2.75, 3.05) is 39.4 Å². The van der Waals surface area contributed by atoms with Gasteiger partial charge >= 0.3 is 5.97 Å². The molecule has 0 bridgehead atoms. The van der Waals surface area contributed by atoms with Crippen molar-refractivity contribution >= 4 is 5.97 Å². The number of rotatable bonds is 7. The van der Waals surface area contributed by atoms with Crippen LogP contribution in [0.2, 0.25) is 0 Å². The quantitative estimate of drug-likeness (QED) is 0.661. The van der Waals surface area contributed by atoms with E-state index in [0.29, 0.717) is 25.2 Å². The Morgan fingerprint density at radius 2 is 2.10 bits per heavy atom. The molecule has 118 valence electrons. The lowest BCUT2D eigenvalue weighted by molar-refractivity contribution is -0.145. The number of hydrogen-bond donors (Lipinski definition) is 0. The van der Waals surface area contributed by atoms with Crippen LogP contribution >= 0.6 is 0 Å². The van der Waals surface area contributed by atoms with Gasteiger partial charge < -0.3 is 9.47 Å². The molecule has 0 amide bonds. The summed E-state index contributed by atoms with van der Waals surface area (Å²) in [6.45, 7) is 14.7. The Bertz CT molecular complexity index is 295. The highest BCUT2D eigenvalue weighted by Crippen LogP contribution is 2.11. The van der Waals surface area contributed by atoms with Gasteiger partial charge in [-0.05, 0) is 34.6 Å². The second-order valence-electron chi connectivity index (χ2n) is 5.91. The number of carbonyl (C=O) groups is 1. The average Bonchev–Trinajstić information content (AvgIpc) is 2.38. The molecule has 1 aliphatic rings. The molecule has 0 spiro atoms. The van der Waals surface area contributed by atoms with Crippen molar-refractivity contribution in [2.24, 2.45) is 0 Å². The minimum atomic E-state index is -0.155. The van der Waals surface area contributed by atoms with Gasteiger partial charge in [0.15, 0.2) is 0 Å². The van der Waals surface area contributed by atoms with Gasteiger partial charge in [0.05, 0.1) is 25.9 Å². The highest BCUT2D eigenvalue weighted by Gasteiger charge is 2.26. The number of hydrogen-bond acceptors (Lipinski definition) is 5. The average molecular weight is 286 g/mol. The van der Waals surface area contributed by atoms with Crippen LogP contribution in [0.1, 0.15) is 34.6 Å². The van der Waals surface area contributed by atoms with Crippen molar-refractivity contribution in [1.82, 2.24) is 9.80 Å². The van der Waals surface area contributed by atoms with Crippen LogP contribution in [0.25, 0.3) is 0 Å². The lowest BCUT2D eigenvalue weighted by Crippen LogP contribution is -2.51. The summed E-state index contributed by atoms with van der Waals surface area (Å²) in [6.07, 6.45) is 0.169. The second kappa shape index (κ2) is 8.60. The Hall–Kier alpha value is -0.650. The normalized spacial score (nSPS) is 20.9. The van der Waals surface area contributed by atoms with Gasteiger partial charge in [-0.25, -0.2) is 0 Å². The largest absolute Gasteiger partial charge is 0.465 e. The van der Waals surface area contributed by atoms with Crippen molar-refractivity contribution in [3.05, 3.63) is 0 Å². The smallest absolute Gasteiger partial charge is 0.320 e. The van der Waals surface area contributed by atoms with Crippen LogP contribution in [0.3, 0.4) is 0 Å². The summed E-state index contributed by atoms with van der Waals surface area (Å²) in [6, 6.07) is 0.844. The van der Waals surface area contributed by atoms with Crippen LogP contribution in [0.5, 0.6) is 0 Å². The SMILES string of the molecule is CCOC(=O)CN(CC1CN(C(C)C)CCO1)C(C)C. The minimum absolute atomic E-state index is 0.155. The summed E-state index contributed by atoms with van der Waals surface area (Å²) < 4.78 is 10.9. The summed E-state index contributed by atoms with van der Waals surface area (Å²) >= 11 is 0. The van der Waals surface area contributed by atoms with E-state index in [1.54, 1.807) is 0 Å². The van der Waals surface area contributed by atoms with Crippen molar-refractivity contribution < 1.29 is 14.3 Å². The van der Waals surface area contributed by atoms with Crippen LogP contribution in [0.4, 0.5) is 0 Å². The third-order valence-electron chi connectivity index (χ3n) is 3.71. The van der Waals surface area contributed by atoms with Gasteiger partial charge in [0.25, 0.3) is 0 Å². The Labute approximate surface area is 123 Å². The Kier molecular flexibility index (Phi) is 7.48. The zero-order valence-corrected chi connectivity index (χ0v) is 13.6. The molecular weight excluding hydrogens is 256 g/mol. The van der Waals surface area contributed by atoms with Gasteiger partial charge in [-0.1, -0.05) is 0 Å². The first-order valence-electron chi connectivity index (χ1n) is 7.69. The van der Waals surface area contributed by atoms with E-state index in [2.05, 4.69) is 37.5 Å². The van der Waals surface area contributed by atoms with E-state index in [9.17, 15) is 4.79 Å². The summed E-state index contributed by atoms with van der Waals surface area (Å²) in [5.41, 5.74) is 0. The van der Waals surface area contributed by atoms with Crippen molar-refractivity contribution in [1.29, 1.82) is 0 Å². The highest BCUT2D eigenvalue weighted by molar-refractivity contribution is 5.71. The molecule has 5 nitrogen and oxygen atoms in total. The Balaban J connectivity index is 2.50. The molecule has 0 saturated carbocycles. The third-order valence-corrected chi connectivity index (χ3v) is 3.71. The van der Waals surface area contributed by atoms with E-state index in [1.165, 1.54) is 0 Å². The molecule has 1 heterocycles. The predicted octanol–water partition coefficient (Wildman–Crippen LogP) is 1.37. The molecule has 1 aliphatic heterocycles. The zero-order valence-electron chi connectivity index (χ0n) is 13.6. The molecule has 0 aliphatic carbocycles. The molecule has 0 aromatic rings. The van der Waals surface area contributed by atoms with Crippen LogP contribution in [0.15, 0.2) is 0 Å². The zero-order chi connectivity index (χ0) is 15.1. The maximum Gasteiger partial charge on any atom is 0.320 e. The lowest BCUT2D eigenvalue weighted by atomic mass is 10.2. The van der Waals surface area contributed by atoms with Crippen LogP contribution < -0.4 is 0 Å². The van der Waals surface area contributed by atoms with Gasteiger partial charge in [-0.3, -0.25) is 14.6 Å². The van der Waals surface area contributed by atoms with E-state index in [-0.39, 0.29) is 12.1 Å². The molecule has 20 heavy (non-hydrogen) atoms. The fourth-order valence-electron chi connectivity index (χ4n) is 2.41. The molecule has 0 aromatic carbocycles. The maximum atomic E-state index is 11.7. The third kappa shape index (κ3) is 5.77. The molecule has 1 saturated heterocycles. The van der Waals surface area contributed by atoms with Crippen molar-refractivity contribution in [3.8, 4) is 0 Å². The monoisotopic (exact) mass is 286 g/mol. The fourth-order valence-corrected chi connectivity index (χ4v) is 2.41. The van der Waals surface area contributed by atoms with E-state index < -0.39 is 0 Å². The maximum absolute atomic E-state index is 11.7. The number of carbonyl (C=O) groups excluding carboxylic acids is 1. The molecule has 0 N–H and O–H groups in total. The summed E-state index contributed by atoms with van der Waals surface area (Å²) in [5.74, 6) is -0.155. The molecule has 1 fully saturated rings. The summed E-state index contributed by atoms with van der Waals surface area (Å²) in [7, 11) is 0. The van der Waals surface area contributed by atoms with Gasteiger partial charge in [-0.2, -0.15) is 0 Å². The van der Waals surface area contributed by atoms with E-state index in [0.717, 1.165) is 26.2 Å². The predicted molar refractivity (Wildman–Crippen MR) is 79.8 cm³/mol. The van der Waals surface area contributed by atoms with Gasteiger partial charge in [0.2, 0.25) is 0 Å². The van der Waals surface area contributed by atoms with Gasteiger partial charge in [0.1, 0.15) is 0 Å². The molecule has 1 unspecified atom stereocenters. The molecule has 1 rings (SSSR count).